The third-order valence-electron chi connectivity index (χ3n) is 2.70. The highest BCUT2D eigenvalue weighted by Crippen LogP contribution is 2.21. The molecule has 1 aromatic carbocycles. The van der Waals surface area contributed by atoms with E-state index in [2.05, 4.69) is 11.6 Å². The molecule has 0 saturated carbocycles. The second-order valence-electron chi connectivity index (χ2n) is 3.77. The quantitative estimate of drug-likeness (QED) is 0.497. The van der Waals surface area contributed by atoms with Gasteiger partial charge in [0.05, 0.1) is 11.8 Å². The first-order chi connectivity index (χ1) is 8.31. The van der Waals surface area contributed by atoms with Crippen molar-refractivity contribution in [1.29, 1.82) is 0 Å². The number of para-hydroxylation sites is 1. The van der Waals surface area contributed by atoms with Gasteiger partial charge in [-0.3, -0.25) is 0 Å². The summed E-state index contributed by atoms with van der Waals surface area (Å²) in [6.07, 6.45) is 3.40. The van der Waals surface area contributed by atoms with Crippen LogP contribution in [0.1, 0.15) is 0 Å². The van der Waals surface area contributed by atoms with E-state index in [1.54, 1.807) is 18.5 Å². The fourth-order valence-electron chi connectivity index (χ4n) is 1.99. The largest absolute Gasteiger partial charge is 0.421 e. The zero-order valence-corrected chi connectivity index (χ0v) is 9.09. The van der Waals surface area contributed by atoms with Crippen LogP contribution in [0, 0.1) is 0 Å². The number of allylic oxidation sites excluding steroid dienone is 1. The van der Waals surface area contributed by atoms with E-state index in [1.165, 1.54) is 0 Å². The summed E-state index contributed by atoms with van der Waals surface area (Å²) in [5, 5.41) is 0.890. The highest BCUT2D eigenvalue weighted by atomic mass is 16.4. The van der Waals surface area contributed by atoms with Crippen LogP contribution in [-0.4, -0.2) is 9.55 Å². The van der Waals surface area contributed by atoms with Crippen molar-refractivity contribution in [3.8, 4) is 0 Å². The molecule has 0 spiro atoms. The lowest BCUT2D eigenvalue weighted by atomic mass is 10.2. The number of hydrogen-bond acceptors (Lipinski definition) is 3. The van der Waals surface area contributed by atoms with Crippen molar-refractivity contribution in [2.75, 3.05) is 0 Å². The van der Waals surface area contributed by atoms with E-state index in [4.69, 9.17) is 4.42 Å². The molecule has 0 fully saturated rings. The van der Waals surface area contributed by atoms with Crippen molar-refractivity contribution in [2.45, 2.75) is 6.54 Å². The molecule has 17 heavy (non-hydrogen) atoms. The second kappa shape index (κ2) is 3.59. The maximum atomic E-state index is 11.7. The van der Waals surface area contributed by atoms with Crippen molar-refractivity contribution in [3.63, 3.8) is 0 Å². The maximum Gasteiger partial charge on any atom is 0.364 e. The lowest BCUT2D eigenvalue weighted by molar-refractivity contribution is 0.568. The second-order valence-corrected chi connectivity index (χ2v) is 3.77. The van der Waals surface area contributed by atoms with E-state index in [0.29, 0.717) is 17.6 Å². The van der Waals surface area contributed by atoms with Crippen molar-refractivity contribution in [3.05, 3.63) is 53.7 Å². The highest BCUT2D eigenvalue weighted by Gasteiger charge is 2.11. The van der Waals surface area contributed by atoms with E-state index < -0.39 is 5.63 Å². The van der Waals surface area contributed by atoms with Gasteiger partial charge in [0.2, 0.25) is 0 Å². The third-order valence-corrected chi connectivity index (χ3v) is 2.70. The molecule has 0 atom stereocenters. The molecule has 3 rings (SSSR count). The molecule has 0 aliphatic carbocycles. The number of fused-ring (bicyclic) bond motifs is 3. The van der Waals surface area contributed by atoms with Gasteiger partial charge in [-0.05, 0) is 12.1 Å². The van der Waals surface area contributed by atoms with Gasteiger partial charge in [-0.2, -0.15) is 0 Å². The minimum atomic E-state index is -0.401. The van der Waals surface area contributed by atoms with Crippen molar-refractivity contribution in [1.82, 2.24) is 9.55 Å². The third kappa shape index (κ3) is 1.38. The van der Waals surface area contributed by atoms with Gasteiger partial charge >= 0.3 is 5.63 Å². The average molecular weight is 226 g/mol. The number of imidazole rings is 1. The number of nitrogens with zero attached hydrogens (tertiary/aromatic N) is 2. The summed E-state index contributed by atoms with van der Waals surface area (Å²) in [7, 11) is 0. The molecule has 4 heteroatoms. The van der Waals surface area contributed by atoms with Gasteiger partial charge in [0.1, 0.15) is 5.58 Å². The molecule has 84 valence electrons. The SMILES string of the molecule is C=CCn1cnc2c(=O)oc3ccccc3c21. The van der Waals surface area contributed by atoms with E-state index >= 15 is 0 Å². The van der Waals surface area contributed by atoms with Gasteiger partial charge in [-0.25, -0.2) is 9.78 Å². The summed E-state index contributed by atoms with van der Waals surface area (Å²) < 4.78 is 7.10. The van der Waals surface area contributed by atoms with Crippen LogP contribution in [0.15, 0.2) is 52.5 Å². The Morgan fingerprint density at radius 1 is 1.41 bits per heavy atom. The van der Waals surface area contributed by atoms with Crippen molar-refractivity contribution >= 4 is 22.0 Å². The first kappa shape index (κ1) is 9.84. The Morgan fingerprint density at radius 3 is 3.06 bits per heavy atom. The smallest absolute Gasteiger partial charge is 0.364 e. The summed E-state index contributed by atoms with van der Waals surface area (Å²) in [5.74, 6) is 0. The number of rotatable bonds is 2. The zero-order chi connectivity index (χ0) is 11.8. The van der Waals surface area contributed by atoms with E-state index in [0.717, 1.165) is 10.9 Å². The zero-order valence-electron chi connectivity index (χ0n) is 9.09. The summed E-state index contributed by atoms with van der Waals surface area (Å²) in [5.41, 5.74) is 1.35. The average Bonchev–Trinajstić information content (AvgIpc) is 2.75. The van der Waals surface area contributed by atoms with E-state index in [1.807, 2.05) is 22.8 Å². The maximum absolute atomic E-state index is 11.7. The lowest BCUT2D eigenvalue weighted by Crippen LogP contribution is -2.01. The van der Waals surface area contributed by atoms with Crippen LogP contribution < -0.4 is 5.63 Å². The molecule has 4 nitrogen and oxygen atoms in total. The Kier molecular flexibility index (Phi) is 2.08. The molecule has 0 saturated heterocycles. The van der Waals surface area contributed by atoms with Crippen molar-refractivity contribution < 1.29 is 4.42 Å². The molecule has 0 N–H and O–H groups in total. The molecule has 0 aliphatic rings. The number of hydrogen-bond donors (Lipinski definition) is 0. The predicted molar refractivity (Wildman–Crippen MR) is 66.0 cm³/mol. The Labute approximate surface area is 96.8 Å². The normalized spacial score (nSPS) is 11.1. The molecular weight excluding hydrogens is 216 g/mol. The fraction of sp³-hybridized carbons (Fsp3) is 0.0769. The first-order valence-electron chi connectivity index (χ1n) is 5.29. The summed E-state index contributed by atoms with van der Waals surface area (Å²) in [6.45, 7) is 4.31. The van der Waals surface area contributed by atoms with Gasteiger partial charge in [0.15, 0.2) is 5.52 Å². The van der Waals surface area contributed by atoms with Crippen LogP contribution in [0.3, 0.4) is 0 Å². The van der Waals surface area contributed by atoms with Gasteiger partial charge in [-0.15, -0.1) is 6.58 Å². The topological polar surface area (TPSA) is 48.0 Å². The number of benzene rings is 1. The summed E-state index contributed by atoms with van der Waals surface area (Å²) in [4.78, 5) is 15.8. The van der Waals surface area contributed by atoms with E-state index in [-0.39, 0.29) is 0 Å². The molecule has 0 aliphatic heterocycles. The van der Waals surface area contributed by atoms with Crippen LogP contribution in [0.4, 0.5) is 0 Å². The molecule has 3 aromatic rings. The van der Waals surface area contributed by atoms with E-state index in [9.17, 15) is 4.79 Å². The monoisotopic (exact) mass is 226 g/mol. The Balaban J connectivity index is 2.56. The molecule has 2 heterocycles. The van der Waals surface area contributed by atoms with Crippen LogP contribution >= 0.6 is 0 Å². The number of aromatic nitrogens is 2. The summed E-state index contributed by atoms with van der Waals surface area (Å²) in [6, 6.07) is 7.45. The molecule has 0 unspecified atom stereocenters. The van der Waals surface area contributed by atoms with Crippen LogP contribution in [0.2, 0.25) is 0 Å². The van der Waals surface area contributed by atoms with Gasteiger partial charge in [-0.1, -0.05) is 18.2 Å². The van der Waals surface area contributed by atoms with Gasteiger partial charge < -0.3 is 8.98 Å². The van der Waals surface area contributed by atoms with Crippen LogP contribution in [0.25, 0.3) is 22.0 Å². The standard InChI is InChI=1S/C13H10N2O2/c1-2-7-15-8-14-11-12(15)9-5-3-4-6-10(9)17-13(11)16/h2-6,8H,1,7H2. The molecule has 2 aromatic heterocycles. The lowest BCUT2D eigenvalue weighted by Gasteiger charge is -2.02. The van der Waals surface area contributed by atoms with Crippen LogP contribution in [0.5, 0.6) is 0 Å². The summed E-state index contributed by atoms with van der Waals surface area (Å²) >= 11 is 0. The van der Waals surface area contributed by atoms with Crippen LogP contribution in [-0.2, 0) is 6.54 Å². The minimum absolute atomic E-state index is 0.366. The fourth-order valence-corrected chi connectivity index (χ4v) is 1.99. The molecule has 0 amide bonds. The predicted octanol–water partition coefficient (Wildman–Crippen LogP) is 2.33. The molecular formula is C13H10N2O2. The van der Waals surface area contributed by atoms with Crippen molar-refractivity contribution in [2.24, 2.45) is 0 Å². The molecule has 0 bridgehead atoms. The Hall–Kier alpha value is -2.36. The Bertz CT molecular complexity index is 768. The Morgan fingerprint density at radius 2 is 2.24 bits per heavy atom. The minimum Gasteiger partial charge on any atom is -0.421 e. The van der Waals surface area contributed by atoms with Gasteiger partial charge in [0, 0.05) is 11.9 Å². The van der Waals surface area contributed by atoms with Gasteiger partial charge in [0.25, 0.3) is 0 Å². The molecule has 0 radical (unpaired) electrons. The highest BCUT2D eigenvalue weighted by molar-refractivity contribution is 6.00. The first-order valence-corrected chi connectivity index (χ1v) is 5.29.